The summed E-state index contributed by atoms with van der Waals surface area (Å²) in [4.78, 5) is 36.8. The van der Waals surface area contributed by atoms with Crippen LogP contribution in [0.4, 0.5) is 5.95 Å². The van der Waals surface area contributed by atoms with Gasteiger partial charge in [0.05, 0.1) is 10.9 Å². The molecule has 6 rings (SSSR count). The number of fused-ring (bicyclic) bond motifs is 3. The molecule has 0 bridgehead atoms. The Hall–Kier alpha value is -3.48. The highest BCUT2D eigenvalue weighted by molar-refractivity contribution is 6.06. The van der Waals surface area contributed by atoms with E-state index in [1.165, 1.54) is 0 Å². The molecule has 2 unspecified atom stereocenters. The van der Waals surface area contributed by atoms with Gasteiger partial charge in [0.1, 0.15) is 5.69 Å². The molecule has 1 aliphatic carbocycles. The smallest absolute Gasteiger partial charge is 0.273 e. The molecule has 2 fully saturated rings. The first-order chi connectivity index (χ1) is 14.8. The van der Waals surface area contributed by atoms with Crippen LogP contribution in [0, 0.1) is 5.92 Å². The summed E-state index contributed by atoms with van der Waals surface area (Å²) in [5, 5.41) is 3.76. The third kappa shape index (κ3) is 2.46. The number of rotatable bonds is 2. The molecule has 2 atom stereocenters. The summed E-state index contributed by atoms with van der Waals surface area (Å²) >= 11 is 0. The van der Waals surface area contributed by atoms with Crippen LogP contribution in [-0.2, 0) is 23.3 Å². The van der Waals surface area contributed by atoms with Gasteiger partial charge >= 0.3 is 0 Å². The number of nitrogen functional groups attached to an aromatic ring is 1. The Bertz CT molecular complexity index is 1280. The van der Waals surface area contributed by atoms with Crippen LogP contribution in [0.25, 0.3) is 10.9 Å². The Labute approximate surface area is 179 Å². The second kappa shape index (κ2) is 5.81. The second-order valence-electron chi connectivity index (χ2n) is 9.50. The molecular formula is C24H23N5O2. The molecule has 3 aromatic rings. The van der Waals surface area contributed by atoms with Crippen molar-refractivity contribution in [1.82, 2.24) is 20.2 Å². The van der Waals surface area contributed by atoms with Crippen LogP contribution in [0.3, 0.4) is 0 Å². The van der Waals surface area contributed by atoms with Crippen molar-refractivity contribution >= 4 is 28.7 Å². The van der Waals surface area contributed by atoms with Crippen LogP contribution in [0.2, 0.25) is 0 Å². The van der Waals surface area contributed by atoms with Crippen molar-refractivity contribution in [2.45, 2.75) is 44.3 Å². The first kappa shape index (κ1) is 18.3. The normalized spacial score (nSPS) is 25.3. The van der Waals surface area contributed by atoms with Gasteiger partial charge in [-0.2, -0.15) is 0 Å². The van der Waals surface area contributed by atoms with Gasteiger partial charge in [0.25, 0.3) is 5.91 Å². The third-order valence-corrected chi connectivity index (χ3v) is 7.23. The van der Waals surface area contributed by atoms with Crippen LogP contribution < -0.4 is 11.1 Å². The fourth-order valence-corrected chi connectivity index (χ4v) is 5.54. The van der Waals surface area contributed by atoms with E-state index in [9.17, 15) is 9.59 Å². The molecule has 7 nitrogen and oxygen atoms in total. The molecule has 7 heteroatoms. The van der Waals surface area contributed by atoms with Gasteiger partial charge in [-0.25, -0.2) is 9.97 Å². The molecule has 156 valence electrons. The van der Waals surface area contributed by atoms with E-state index in [1.54, 1.807) is 4.90 Å². The Morgan fingerprint density at radius 2 is 1.84 bits per heavy atom. The molecule has 3 heterocycles. The van der Waals surface area contributed by atoms with E-state index >= 15 is 0 Å². The Morgan fingerprint density at radius 1 is 1.13 bits per heavy atom. The molecule has 31 heavy (non-hydrogen) atoms. The average molecular weight is 413 g/mol. The monoisotopic (exact) mass is 413 g/mol. The molecule has 0 spiro atoms. The van der Waals surface area contributed by atoms with Crippen molar-refractivity contribution in [3.8, 4) is 0 Å². The quantitative estimate of drug-likeness (QED) is 0.672. The fourth-order valence-electron chi connectivity index (χ4n) is 5.54. The first-order valence-electron chi connectivity index (χ1n) is 10.6. The number of benzene rings is 2. The van der Waals surface area contributed by atoms with Crippen molar-refractivity contribution in [2.75, 3.05) is 5.73 Å². The number of nitrogens with two attached hydrogens (primary N) is 1. The highest BCUT2D eigenvalue weighted by Crippen LogP contribution is 2.63. The standard InChI is InChI=1S/C24H23N5O2/c1-23(2)18-10-24(18,21(31)28-23)15-7-8-17-16(9-15)19(27-22(25)26-17)20(30)29-11-13-5-3-4-6-14(13)12-29/h3-9,18H,10-12H2,1-2H3,(H,28,31)(H2,25,26,27). The van der Waals surface area contributed by atoms with Crippen molar-refractivity contribution in [3.63, 3.8) is 0 Å². The van der Waals surface area contributed by atoms with Crippen LogP contribution in [-0.4, -0.2) is 32.2 Å². The van der Waals surface area contributed by atoms with E-state index < -0.39 is 5.41 Å². The maximum absolute atomic E-state index is 13.5. The van der Waals surface area contributed by atoms with Gasteiger partial charge in [-0.05, 0) is 49.1 Å². The number of anilines is 1. The van der Waals surface area contributed by atoms with Crippen molar-refractivity contribution in [1.29, 1.82) is 0 Å². The number of nitrogens with one attached hydrogen (secondary N) is 1. The highest BCUT2D eigenvalue weighted by Gasteiger charge is 2.71. The van der Waals surface area contributed by atoms with E-state index in [0.717, 1.165) is 23.1 Å². The van der Waals surface area contributed by atoms with Crippen molar-refractivity contribution < 1.29 is 9.59 Å². The lowest BCUT2D eigenvalue weighted by molar-refractivity contribution is -0.122. The minimum absolute atomic E-state index is 0.0566. The number of carbonyl (C=O) groups excluding carboxylic acids is 2. The molecule has 2 amide bonds. The molecule has 3 aliphatic rings. The number of nitrogens with zero attached hydrogens (tertiary/aromatic N) is 3. The molecule has 0 radical (unpaired) electrons. The molecular weight excluding hydrogens is 390 g/mol. The molecule has 1 aromatic heterocycles. The lowest BCUT2D eigenvalue weighted by Crippen LogP contribution is -2.40. The summed E-state index contributed by atoms with van der Waals surface area (Å²) in [6.45, 7) is 5.22. The van der Waals surface area contributed by atoms with Crippen molar-refractivity contribution in [2.24, 2.45) is 5.92 Å². The molecule has 2 aliphatic heterocycles. The zero-order valence-electron chi connectivity index (χ0n) is 17.5. The largest absolute Gasteiger partial charge is 0.368 e. The lowest BCUT2D eigenvalue weighted by atomic mass is 9.89. The second-order valence-corrected chi connectivity index (χ2v) is 9.50. The molecule has 1 saturated carbocycles. The summed E-state index contributed by atoms with van der Waals surface area (Å²) in [5.41, 5.74) is 9.30. The van der Waals surface area contributed by atoms with E-state index in [2.05, 4.69) is 29.1 Å². The van der Waals surface area contributed by atoms with Gasteiger partial charge in [0, 0.05) is 29.9 Å². The maximum Gasteiger partial charge on any atom is 0.273 e. The summed E-state index contributed by atoms with van der Waals surface area (Å²) in [6, 6.07) is 13.8. The number of hydrogen-bond acceptors (Lipinski definition) is 5. The number of amides is 2. The van der Waals surface area contributed by atoms with Gasteiger partial charge < -0.3 is 16.0 Å². The molecule has 1 saturated heterocycles. The summed E-state index contributed by atoms with van der Waals surface area (Å²) < 4.78 is 0. The third-order valence-electron chi connectivity index (χ3n) is 7.23. The van der Waals surface area contributed by atoms with E-state index in [-0.39, 0.29) is 29.2 Å². The van der Waals surface area contributed by atoms with Gasteiger partial charge in [-0.3, -0.25) is 9.59 Å². The van der Waals surface area contributed by atoms with Gasteiger partial charge in [0.2, 0.25) is 11.9 Å². The Balaban J connectivity index is 1.43. The fraction of sp³-hybridized carbons (Fsp3) is 0.333. The predicted molar refractivity (Wildman–Crippen MR) is 116 cm³/mol. The maximum atomic E-state index is 13.5. The van der Waals surface area contributed by atoms with Gasteiger partial charge in [-0.1, -0.05) is 30.3 Å². The topological polar surface area (TPSA) is 101 Å². The van der Waals surface area contributed by atoms with Crippen LogP contribution in [0.15, 0.2) is 42.5 Å². The van der Waals surface area contributed by atoms with Gasteiger partial charge in [0.15, 0.2) is 0 Å². The summed E-state index contributed by atoms with van der Waals surface area (Å²) in [6.07, 6.45) is 0.817. The number of aromatic nitrogens is 2. The summed E-state index contributed by atoms with van der Waals surface area (Å²) in [7, 11) is 0. The first-order valence-corrected chi connectivity index (χ1v) is 10.6. The van der Waals surface area contributed by atoms with Crippen LogP contribution >= 0.6 is 0 Å². The highest BCUT2D eigenvalue weighted by atomic mass is 16.2. The van der Waals surface area contributed by atoms with Crippen LogP contribution in [0.5, 0.6) is 0 Å². The van der Waals surface area contributed by atoms with Crippen molar-refractivity contribution in [3.05, 3.63) is 64.8 Å². The SMILES string of the molecule is CC1(C)NC(=O)C2(c3ccc4nc(N)nc(C(=O)N5Cc6ccccc6C5)c4c3)CC12. The molecule has 3 N–H and O–H groups in total. The zero-order valence-corrected chi connectivity index (χ0v) is 17.5. The van der Waals surface area contributed by atoms with E-state index in [4.69, 9.17) is 5.73 Å². The zero-order chi connectivity index (χ0) is 21.5. The van der Waals surface area contributed by atoms with Gasteiger partial charge in [-0.15, -0.1) is 0 Å². The Morgan fingerprint density at radius 3 is 2.45 bits per heavy atom. The minimum atomic E-state index is -0.525. The average Bonchev–Trinajstić information content (AvgIpc) is 3.32. The van der Waals surface area contributed by atoms with E-state index in [0.29, 0.717) is 29.7 Å². The minimum Gasteiger partial charge on any atom is -0.368 e. The number of carbonyl (C=O) groups is 2. The summed E-state index contributed by atoms with van der Waals surface area (Å²) in [5.74, 6) is 0.198. The van der Waals surface area contributed by atoms with E-state index in [1.807, 2.05) is 42.5 Å². The molecule has 2 aromatic carbocycles. The number of piperidine rings is 1. The predicted octanol–water partition coefficient (Wildman–Crippen LogP) is 2.53. The Kier molecular flexibility index (Phi) is 3.43. The number of hydrogen-bond donors (Lipinski definition) is 2. The van der Waals surface area contributed by atoms with Crippen LogP contribution in [0.1, 0.15) is 47.4 Å². The lowest BCUT2D eigenvalue weighted by Gasteiger charge is -2.19.